The number of benzene rings is 1. The second-order valence-electron chi connectivity index (χ2n) is 16.2. The Hall–Kier alpha value is -4.71. The maximum absolute atomic E-state index is 15.0. The number of carboxylic acid groups (broad SMARTS) is 1. The zero-order valence-corrected chi connectivity index (χ0v) is 33.3. The lowest BCUT2D eigenvalue weighted by atomic mass is 9.86. The van der Waals surface area contributed by atoms with Crippen LogP contribution in [0.5, 0.6) is 17.5 Å². The van der Waals surface area contributed by atoms with Gasteiger partial charge in [-0.25, -0.2) is 17.6 Å². The fourth-order valence-electron chi connectivity index (χ4n) is 8.47. The summed E-state index contributed by atoms with van der Waals surface area (Å²) in [5.74, 6) is -2.34. The van der Waals surface area contributed by atoms with Crippen molar-refractivity contribution >= 4 is 44.6 Å². The maximum Gasteiger partial charge on any atom is 0.408 e. The molecule has 2 aromatic rings. The van der Waals surface area contributed by atoms with Gasteiger partial charge >= 0.3 is 6.09 Å². The molecule has 2 aliphatic carbocycles. The lowest BCUT2D eigenvalue weighted by molar-refractivity contribution is -0.149. The molecule has 4 fully saturated rings. The molecule has 2 saturated heterocycles. The minimum Gasteiger partial charge on any atom is -0.497 e. The van der Waals surface area contributed by atoms with Gasteiger partial charge in [-0.2, -0.15) is 4.98 Å². The van der Waals surface area contributed by atoms with E-state index in [9.17, 15) is 32.3 Å². The number of amides is 4. The second-order valence-corrected chi connectivity index (χ2v) is 18.3. The molecule has 2 saturated carbocycles. The van der Waals surface area contributed by atoms with Gasteiger partial charge in [-0.05, 0) is 73.9 Å². The highest BCUT2D eigenvalue weighted by Gasteiger charge is 2.64. The average Bonchev–Trinajstić information content (AvgIpc) is 4.06. The summed E-state index contributed by atoms with van der Waals surface area (Å²) in [6, 6.07) is 3.95. The van der Waals surface area contributed by atoms with E-state index in [1.165, 1.54) is 19.1 Å². The first-order chi connectivity index (χ1) is 27.2. The largest absolute Gasteiger partial charge is 0.497 e. The first-order valence-corrected chi connectivity index (χ1v) is 20.8. The Kier molecular flexibility index (Phi) is 11.1. The summed E-state index contributed by atoms with van der Waals surface area (Å²) in [7, 11) is -1.42. The van der Waals surface area contributed by atoms with Crippen LogP contribution in [0.15, 0.2) is 36.4 Å². The Morgan fingerprint density at radius 3 is 2.53 bits per heavy atom. The number of nitrogens with one attached hydrogen (secondary N) is 2. The smallest absolute Gasteiger partial charge is 0.408 e. The number of fused-ring (bicyclic) bond motifs is 3. The Morgan fingerprint density at radius 1 is 1.14 bits per heavy atom. The first kappa shape index (κ1) is 40.5. The third kappa shape index (κ3) is 7.69. The normalized spacial score (nSPS) is 30.6. The van der Waals surface area contributed by atoms with Crippen LogP contribution in [0.3, 0.4) is 0 Å². The average molecular weight is 816 g/mol. The molecule has 3 aliphatic heterocycles. The predicted octanol–water partition coefficient (Wildman–Crippen LogP) is 3.18. The monoisotopic (exact) mass is 815 g/mol. The zero-order chi connectivity index (χ0) is 40.9. The molecule has 1 aromatic heterocycles. The van der Waals surface area contributed by atoms with Crippen molar-refractivity contribution < 1.29 is 56.0 Å². The summed E-state index contributed by atoms with van der Waals surface area (Å²) in [5, 5.41) is 14.6. The van der Waals surface area contributed by atoms with Crippen LogP contribution >= 0.6 is 0 Å². The molecular weight excluding hydrogens is 766 g/mol. The molecular formula is C39H50FN5O11S. The number of alkyl halides is 1. The Bertz CT molecular complexity index is 2050. The molecule has 57 heavy (non-hydrogen) atoms. The Labute approximate surface area is 330 Å². The van der Waals surface area contributed by atoms with Crippen molar-refractivity contribution in [1.29, 1.82) is 0 Å². The minimum absolute atomic E-state index is 0.0578. The fourth-order valence-corrected chi connectivity index (χ4v) is 9.90. The molecule has 7 rings (SSSR count). The number of pyridine rings is 1. The molecule has 16 nitrogen and oxygen atoms in total. The second kappa shape index (κ2) is 15.6. The topological polar surface area (TPSA) is 203 Å². The molecule has 0 bridgehead atoms. The molecule has 0 radical (unpaired) electrons. The van der Waals surface area contributed by atoms with E-state index in [2.05, 4.69) is 15.0 Å². The van der Waals surface area contributed by atoms with Crippen LogP contribution < -0.4 is 24.2 Å². The van der Waals surface area contributed by atoms with Crippen LogP contribution in [0, 0.1) is 17.8 Å². The zero-order valence-electron chi connectivity index (χ0n) is 32.4. The molecule has 5 aliphatic rings. The lowest BCUT2D eigenvalue weighted by Gasteiger charge is -2.43. The summed E-state index contributed by atoms with van der Waals surface area (Å²) in [6.07, 6.45) is 3.44. The van der Waals surface area contributed by atoms with Crippen molar-refractivity contribution in [1.82, 2.24) is 24.8 Å². The predicted molar refractivity (Wildman–Crippen MR) is 203 cm³/mol. The highest BCUT2D eigenvalue weighted by molar-refractivity contribution is 7.91. The summed E-state index contributed by atoms with van der Waals surface area (Å²) in [4.78, 5) is 63.5. The molecule has 310 valence electrons. The summed E-state index contributed by atoms with van der Waals surface area (Å²) < 4.78 is 63.4. The summed E-state index contributed by atoms with van der Waals surface area (Å²) in [6.45, 7) is 2.79. The minimum atomic E-state index is -4.41. The molecule has 1 aromatic carbocycles. The number of methoxy groups -OCH3 is 2. The van der Waals surface area contributed by atoms with Crippen molar-refractivity contribution in [2.24, 2.45) is 17.8 Å². The van der Waals surface area contributed by atoms with Crippen molar-refractivity contribution in [3.8, 4) is 17.5 Å². The maximum atomic E-state index is 15.0. The molecule has 7 atom stereocenters. The van der Waals surface area contributed by atoms with Crippen LogP contribution in [0.2, 0.25) is 0 Å². The SMILES string of the molecule is COc1ccc2c(O[C@@H]3C[C@H]4C(=O)N[C@]5(C(=O)NS(=O)(=O)C6(CF)CC6)C[C@H]5/C=C\CC[C@@H](C)C[C@@H](C)[C@H](N(C(=O)O)C5COC5)C(=O)N4C3)nc(OC)cc2c1. The number of hydrogen-bond acceptors (Lipinski definition) is 11. The summed E-state index contributed by atoms with van der Waals surface area (Å²) in [5.41, 5.74) is -1.70. The number of allylic oxidation sites excluding steroid dienone is 1. The van der Waals surface area contributed by atoms with Crippen LogP contribution in [-0.2, 0) is 29.1 Å². The third-order valence-corrected chi connectivity index (χ3v) is 14.3. The van der Waals surface area contributed by atoms with Gasteiger partial charge in [0.15, 0.2) is 0 Å². The molecule has 4 heterocycles. The van der Waals surface area contributed by atoms with Gasteiger partial charge in [-0.3, -0.25) is 24.0 Å². The van der Waals surface area contributed by atoms with Gasteiger partial charge in [-0.15, -0.1) is 0 Å². The highest BCUT2D eigenvalue weighted by Crippen LogP contribution is 2.48. The molecule has 18 heteroatoms. The third-order valence-electron chi connectivity index (χ3n) is 12.2. The number of hydrogen-bond donors (Lipinski definition) is 3. The van der Waals surface area contributed by atoms with Gasteiger partial charge in [0.05, 0.1) is 40.0 Å². The van der Waals surface area contributed by atoms with E-state index in [0.717, 1.165) is 4.90 Å². The molecule has 3 N–H and O–H groups in total. The number of carbonyl (C=O) groups excluding carboxylic acids is 3. The number of rotatable bonds is 10. The fraction of sp³-hybridized carbons (Fsp3) is 0.615. The van der Waals surface area contributed by atoms with Crippen LogP contribution in [0.4, 0.5) is 9.18 Å². The van der Waals surface area contributed by atoms with Gasteiger partial charge in [0.25, 0.3) is 5.91 Å². The molecule has 0 spiro atoms. The Morgan fingerprint density at radius 2 is 1.89 bits per heavy atom. The van der Waals surface area contributed by atoms with Crippen LogP contribution in [-0.4, -0.2) is 127 Å². The van der Waals surface area contributed by atoms with E-state index in [4.69, 9.17) is 18.9 Å². The number of nitrogens with zero attached hydrogens (tertiary/aromatic N) is 3. The highest BCUT2D eigenvalue weighted by atomic mass is 32.2. The van der Waals surface area contributed by atoms with Crippen LogP contribution in [0.1, 0.15) is 58.8 Å². The van der Waals surface area contributed by atoms with Gasteiger partial charge < -0.3 is 34.3 Å². The number of carbonyl (C=O) groups is 4. The molecule has 0 unspecified atom stereocenters. The first-order valence-electron chi connectivity index (χ1n) is 19.4. The quantitative estimate of drug-likeness (QED) is 0.296. The number of aromatic nitrogens is 1. The number of ether oxygens (including phenoxy) is 4. The van der Waals surface area contributed by atoms with Crippen molar-refractivity contribution in [3.05, 3.63) is 36.4 Å². The molecule has 4 amide bonds. The number of sulfonamides is 1. The van der Waals surface area contributed by atoms with E-state index >= 15 is 4.79 Å². The lowest BCUT2D eigenvalue weighted by Crippen LogP contribution is -2.63. The van der Waals surface area contributed by atoms with Gasteiger partial charge in [-0.1, -0.05) is 26.0 Å². The Balaban J connectivity index is 1.26. The van der Waals surface area contributed by atoms with Crippen molar-refractivity contribution in [2.75, 3.05) is 40.7 Å². The van der Waals surface area contributed by atoms with Crippen LogP contribution in [0.25, 0.3) is 10.8 Å². The summed E-state index contributed by atoms with van der Waals surface area (Å²) >= 11 is 0. The standard InChI is InChI=1S/C39H50FN5O11S/c1-22-7-5-6-8-25-17-39(25,36(48)43-57(51,52)38(21-40)11-12-38)42-33(46)30-16-28(56-34-29-10-9-27(53-3)14-24(29)15-31(41-34)54-4)18-44(30)35(47)32(23(2)13-22)45(37(49)50)26-19-55-20-26/h6,8-10,14-15,22-23,25-26,28,30,32H,5,7,11-13,16-21H2,1-4H3,(H,42,46)(H,43,48)(H,49,50)/b8-6-/t22-,23-,25-,28-,30+,32+,39-/m1/s1. The van der Waals surface area contributed by atoms with E-state index < -0.39 is 86.9 Å². The van der Waals surface area contributed by atoms with Gasteiger partial charge in [0.1, 0.15) is 40.9 Å². The van der Waals surface area contributed by atoms with E-state index in [-0.39, 0.29) is 63.1 Å². The van der Waals surface area contributed by atoms with Crippen molar-refractivity contribution in [3.63, 3.8) is 0 Å². The van der Waals surface area contributed by atoms with E-state index in [1.54, 1.807) is 30.3 Å². The van der Waals surface area contributed by atoms with E-state index in [1.807, 2.05) is 19.9 Å². The van der Waals surface area contributed by atoms with Gasteiger partial charge in [0.2, 0.25) is 33.6 Å². The van der Waals surface area contributed by atoms with Gasteiger partial charge in [0, 0.05) is 23.8 Å². The number of halogens is 1. The van der Waals surface area contributed by atoms with Crippen molar-refractivity contribution in [2.45, 2.75) is 93.3 Å². The van der Waals surface area contributed by atoms with E-state index in [0.29, 0.717) is 35.8 Å².